The number of ether oxygens (including phenoxy) is 2. The number of hydrogen-bond donors (Lipinski definition) is 3. The fourth-order valence-electron chi connectivity index (χ4n) is 5.04. The molecule has 0 radical (unpaired) electrons. The highest BCUT2D eigenvalue weighted by molar-refractivity contribution is 7.89. The van der Waals surface area contributed by atoms with E-state index in [4.69, 9.17) is 14.0 Å². The molecule has 0 aliphatic carbocycles. The van der Waals surface area contributed by atoms with E-state index < -0.39 is 28.2 Å². The second kappa shape index (κ2) is 13.7. The van der Waals surface area contributed by atoms with Crippen LogP contribution < -0.4 is 20.1 Å². The van der Waals surface area contributed by atoms with Gasteiger partial charge in [0.15, 0.2) is 5.76 Å². The number of urea groups is 1. The summed E-state index contributed by atoms with van der Waals surface area (Å²) in [6.45, 7) is 6.67. The summed E-state index contributed by atoms with van der Waals surface area (Å²) < 4.78 is 44.8. The number of rotatable bonds is 9. The Bertz CT molecular complexity index is 1570. The average molecular weight is 630 g/mol. The first-order valence-electron chi connectivity index (χ1n) is 14.1. The van der Waals surface area contributed by atoms with Gasteiger partial charge < -0.3 is 34.6 Å². The van der Waals surface area contributed by atoms with Gasteiger partial charge in [0.1, 0.15) is 28.2 Å². The fourth-order valence-corrected chi connectivity index (χ4v) is 6.51. The summed E-state index contributed by atoms with van der Waals surface area (Å²) in [6.07, 6.45) is -0.729. The molecular weight excluding hydrogens is 590 g/mol. The van der Waals surface area contributed by atoms with E-state index in [1.165, 1.54) is 11.4 Å². The number of nitrogens with one attached hydrogen (secondary N) is 2. The molecule has 0 fully saturated rings. The molecule has 0 unspecified atom stereocenters. The number of aryl methyl sites for hydroxylation is 2. The predicted octanol–water partition coefficient (Wildman–Crippen LogP) is 3.41. The Kier molecular flexibility index (Phi) is 10.2. The summed E-state index contributed by atoms with van der Waals surface area (Å²) in [5.74, 6) is 0.670. The second-order valence-corrected chi connectivity index (χ2v) is 12.9. The lowest BCUT2D eigenvalue weighted by atomic mass is 10.0. The van der Waals surface area contributed by atoms with Gasteiger partial charge in [-0.1, -0.05) is 12.1 Å². The van der Waals surface area contributed by atoms with Crippen LogP contribution in [0.25, 0.3) is 0 Å². The Morgan fingerprint density at radius 1 is 1.18 bits per heavy atom. The van der Waals surface area contributed by atoms with Crippen LogP contribution in [-0.2, 0) is 21.2 Å². The smallest absolute Gasteiger partial charge is 0.323 e. The molecule has 0 spiro atoms. The summed E-state index contributed by atoms with van der Waals surface area (Å²) in [7, 11) is -0.956. The van der Waals surface area contributed by atoms with Gasteiger partial charge in [0, 0.05) is 36.4 Å². The minimum atomic E-state index is -3.97. The van der Waals surface area contributed by atoms with Gasteiger partial charge in [-0.25, -0.2) is 13.2 Å². The molecule has 4 rings (SSSR count). The molecular formula is C30H39N5O8S. The largest absolute Gasteiger partial charge is 0.497 e. The molecule has 0 saturated heterocycles. The summed E-state index contributed by atoms with van der Waals surface area (Å²) in [6, 6.07) is 10.8. The van der Waals surface area contributed by atoms with Crippen LogP contribution in [-0.4, -0.2) is 85.8 Å². The van der Waals surface area contributed by atoms with Crippen molar-refractivity contribution >= 4 is 33.3 Å². The van der Waals surface area contributed by atoms with E-state index in [0.29, 0.717) is 28.4 Å². The van der Waals surface area contributed by atoms with E-state index in [1.807, 2.05) is 6.92 Å². The number of hydrogen-bond acceptors (Lipinski definition) is 9. The number of anilines is 2. The van der Waals surface area contributed by atoms with Crippen LogP contribution in [0.4, 0.5) is 16.2 Å². The number of fused-ring (bicyclic) bond motifs is 1. The van der Waals surface area contributed by atoms with Gasteiger partial charge in [0.05, 0.1) is 32.7 Å². The number of aromatic nitrogens is 1. The Morgan fingerprint density at radius 2 is 1.84 bits per heavy atom. The van der Waals surface area contributed by atoms with Gasteiger partial charge in [0.25, 0.3) is 0 Å². The zero-order valence-corrected chi connectivity index (χ0v) is 26.5. The van der Waals surface area contributed by atoms with Crippen LogP contribution in [0.2, 0.25) is 0 Å². The number of methoxy groups -OCH3 is 1. The minimum absolute atomic E-state index is 0.00506. The van der Waals surface area contributed by atoms with Gasteiger partial charge >= 0.3 is 6.03 Å². The highest BCUT2D eigenvalue weighted by atomic mass is 32.2. The molecule has 1 aromatic heterocycles. The minimum Gasteiger partial charge on any atom is -0.497 e. The van der Waals surface area contributed by atoms with Gasteiger partial charge in [-0.2, -0.15) is 4.31 Å². The Labute approximate surface area is 257 Å². The normalized spacial score (nSPS) is 18.0. The van der Waals surface area contributed by atoms with Crippen LogP contribution >= 0.6 is 0 Å². The topological polar surface area (TPSA) is 164 Å². The predicted molar refractivity (Wildman–Crippen MR) is 163 cm³/mol. The van der Waals surface area contributed by atoms with Gasteiger partial charge in [-0.15, -0.1) is 0 Å². The molecule has 238 valence electrons. The van der Waals surface area contributed by atoms with Crippen LogP contribution in [0.15, 0.2) is 51.9 Å². The maximum absolute atomic E-state index is 13.5. The summed E-state index contributed by atoms with van der Waals surface area (Å²) in [5, 5.41) is 19.2. The number of nitrogens with zero attached hydrogens (tertiary/aromatic N) is 3. The number of carbonyl (C=O) groups is 2. The van der Waals surface area contributed by atoms with Crippen LogP contribution in [0.5, 0.6) is 11.5 Å². The number of likely N-dealkylation sites (N-methyl/N-ethyl adjacent to an activating group) is 1. The standard InChI is InChI=1S/C30H39N5O8S/c1-18-15-35(19(2)17-36)28(37)14-22-13-24(32-30(38)31-23-7-10-25(41-6)11-8-23)9-12-26(22)42-27(18)16-34(5)44(39,40)29-20(3)33-43-21(29)4/h7-13,18-19,27,36H,14-17H2,1-6H3,(H2,31,32,38)/t18-,19+,27-/m0/s1. The number of sulfonamides is 1. The molecule has 44 heavy (non-hydrogen) atoms. The van der Waals surface area contributed by atoms with Crippen LogP contribution in [0, 0.1) is 19.8 Å². The van der Waals surface area contributed by atoms with Gasteiger partial charge in [-0.3, -0.25) is 4.79 Å². The van der Waals surface area contributed by atoms with Crippen LogP contribution in [0.1, 0.15) is 30.9 Å². The van der Waals surface area contributed by atoms with Crippen molar-refractivity contribution in [3.8, 4) is 11.5 Å². The van der Waals surface area contributed by atoms with Crippen LogP contribution in [0.3, 0.4) is 0 Å². The lowest BCUT2D eigenvalue weighted by molar-refractivity contribution is -0.134. The van der Waals surface area contributed by atoms with Gasteiger partial charge in [0.2, 0.25) is 15.9 Å². The Morgan fingerprint density at radius 3 is 2.45 bits per heavy atom. The van der Waals surface area contributed by atoms with E-state index in [1.54, 1.807) is 75.2 Å². The SMILES string of the molecule is COc1ccc(NC(=O)Nc2ccc3c(c2)CC(=O)N([C@H](C)CO)C[C@H](C)[C@H](CN(C)S(=O)(=O)c2c(C)noc2C)O3)cc1. The van der Waals surface area contributed by atoms with Gasteiger partial charge in [-0.05, 0) is 63.2 Å². The molecule has 0 bridgehead atoms. The first kappa shape index (κ1) is 32.8. The third kappa shape index (κ3) is 7.31. The molecule has 3 amide bonds. The third-order valence-electron chi connectivity index (χ3n) is 7.60. The number of carbonyl (C=O) groups excluding carboxylic acids is 2. The fraction of sp³-hybridized carbons (Fsp3) is 0.433. The highest BCUT2D eigenvalue weighted by Gasteiger charge is 2.35. The molecule has 13 nitrogen and oxygen atoms in total. The lowest BCUT2D eigenvalue weighted by Gasteiger charge is -2.33. The summed E-state index contributed by atoms with van der Waals surface area (Å²) in [4.78, 5) is 27.8. The van der Waals surface area contributed by atoms with Crippen molar-refractivity contribution in [1.82, 2.24) is 14.4 Å². The molecule has 2 aromatic carbocycles. The van der Waals surface area contributed by atoms with Crippen molar-refractivity contribution in [3.63, 3.8) is 0 Å². The Hall–Kier alpha value is -4.14. The maximum atomic E-state index is 13.5. The number of aliphatic hydroxyl groups excluding tert-OH is 1. The third-order valence-corrected chi connectivity index (χ3v) is 9.66. The maximum Gasteiger partial charge on any atom is 0.323 e. The number of benzene rings is 2. The van der Waals surface area contributed by atoms with Crippen molar-refractivity contribution in [2.24, 2.45) is 5.92 Å². The molecule has 3 atom stereocenters. The molecule has 1 aliphatic heterocycles. The number of aliphatic hydroxyl groups is 1. The molecule has 0 saturated carbocycles. The zero-order chi connectivity index (χ0) is 32.2. The lowest BCUT2D eigenvalue weighted by Crippen LogP contribution is -2.48. The molecule has 2 heterocycles. The average Bonchev–Trinajstić information content (AvgIpc) is 3.35. The van der Waals surface area contributed by atoms with Crippen molar-refractivity contribution in [3.05, 3.63) is 59.5 Å². The number of amides is 3. The first-order valence-corrected chi connectivity index (χ1v) is 15.6. The summed E-state index contributed by atoms with van der Waals surface area (Å²) >= 11 is 0. The monoisotopic (exact) mass is 629 g/mol. The van der Waals surface area contributed by atoms with E-state index in [0.717, 1.165) is 0 Å². The van der Waals surface area contributed by atoms with E-state index in [-0.39, 0.29) is 54.3 Å². The molecule has 3 N–H and O–H groups in total. The second-order valence-electron chi connectivity index (χ2n) is 11.0. The summed E-state index contributed by atoms with van der Waals surface area (Å²) in [5.41, 5.74) is 1.75. The van der Waals surface area contributed by atoms with Crippen molar-refractivity contribution in [2.75, 3.05) is 44.5 Å². The highest BCUT2D eigenvalue weighted by Crippen LogP contribution is 2.30. The quantitative estimate of drug-likeness (QED) is 0.322. The van der Waals surface area contributed by atoms with E-state index in [2.05, 4.69) is 15.8 Å². The van der Waals surface area contributed by atoms with Crippen molar-refractivity contribution in [1.29, 1.82) is 0 Å². The Balaban J connectivity index is 1.61. The van der Waals surface area contributed by atoms with E-state index >= 15 is 0 Å². The van der Waals surface area contributed by atoms with E-state index in [9.17, 15) is 23.1 Å². The molecule has 14 heteroatoms. The van der Waals surface area contributed by atoms with Crippen molar-refractivity contribution in [2.45, 2.75) is 51.2 Å². The van der Waals surface area contributed by atoms with Crippen molar-refractivity contribution < 1.29 is 37.1 Å². The molecule has 3 aromatic rings. The molecule has 1 aliphatic rings. The zero-order valence-electron chi connectivity index (χ0n) is 25.7. The first-order chi connectivity index (χ1) is 20.8.